The van der Waals surface area contributed by atoms with Crippen LogP contribution in [0.4, 0.5) is 10.5 Å². The van der Waals surface area contributed by atoms with Crippen LogP contribution in [-0.4, -0.2) is 31.1 Å². The van der Waals surface area contributed by atoms with Crippen molar-refractivity contribution in [2.24, 2.45) is 5.73 Å². The molecule has 2 N–H and O–H groups in total. The van der Waals surface area contributed by atoms with Gasteiger partial charge in [0.25, 0.3) is 0 Å². The molecular formula is C20H25N3O2. The minimum Gasteiger partial charge on any atom is -0.497 e. The van der Waals surface area contributed by atoms with E-state index in [9.17, 15) is 4.79 Å². The van der Waals surface area contributed by atoms with Gasteiger partial charge in [-0.25, -0.2) is 4.79 Å². The number of rotatable bonds is 6. The Bertz CT molecular complexity index is 709. The zero-order valence-corrected chi connectivity index (χ0v) is 14.6. The molecule has 1 aliphatic heterocycles. The molecule has 0 radical (unpaired) electrons. The van der Waals surface area contributed by atoms with Crippen molar-refractivity contribution in [3.05, 3.63) is 59.7 Å². The predicted molar refractivity (Wildman–Crippen MR) is 99.7 cm³/mol. The molecule has 0 atom stereocenters. The van der Waals surface area contributed by atoms with E-state index >= 15 is 0 Å². The number of urea groups is 1. The molecule has 5 nitrogen and oxygen atoms in total. The van der Waals surface area contributed by atoms with Gasteiger partial charge in [-0.05, 0) is 48.2 Å². The van der Waals surface area contributed by atoms with Crippen LogP contribution in [-0.2, 0) is 13.1 Å². The summed E-state index contributed by atoms with van der Waals surface area (Å²) in [6.07, 6.45) is 2.49. The maximum atomic E-state index is 11.9. The summed E-state index contributed by atoms with van der Waals surface area (Å²) in [6, 6.07) is 15.7. The van der Waals surface area contributed by atoms with Crippen LogP contribution in [0.1, 0.15) is 24.0 Å². The van der Waals surface area contributed by atoms with Crippen molar-refractivity contribution < 1.29 is 9.53 Å². The third kappa shape index (κ3) is 4.44. The topological polar surface area (TPSA) is 58.8 Å². The van der Waals surface area contributed by atoms with Gasteiger partial charge in [-0.2, -0.15) is 0 Å². The number of hydrogen-bond donors (Lipinski definition) is 1. The van der Waals surface area contributed by atoms with E-state index in [-0.39, 0.29) is 0 Å². The standard InChI is InChI=1S/C20H25N3O2/c1-25-19-9-7-16(8-10-19)14-23(20(21)24)15-17-5-4-6-18(13-17)22-11-2-3-12-22/h4-10,13H,2-3,11-12,14-15H2,1H3,(H2,21,24). The molecule has 0 spiro atoms. The molecule has 0 unspecified atom stereocenters. The second-order valence-corrected chi connectivity index (χ2v) is 6.41. The summed E-state index contributed by atoms with van der Waals surface area (Å²) in [5.74, 6) is 0.799. The monoisotopic (exact) mass is 339 g/mol. The number of amides is 2. The number of nitrogens with two attached hydrogens (primary N) is 1. The highest BCUT2D eigenvalue weighted by Crippen LogP contribution is 2.22. The molecule has 132 valence electrons. The van der Waals surface area contributed by atoms with Gasteiger partial charge in [-0.3, -0.25) is 0 Å². The Hall–Kier alpha value is -2.69. The number of primary amides is 1. The molecule has 1 heterocycles. The zero-order chi connectivity index (χ0) is 17.6. The Kier molecular flexibility index (Phi) is 5.43. The van der Waals surface area contributed by atoms with Crippen molar-refractivity contribution in [2.75, 3.05) is 25.1 Å². The quantitative estimate of drug-likeness (QED) is 0.878. The Morgan fingerprint density at radius 3 is 2.40 bits per heavy atom. The smallest absolute Gasteiger partial charge is 0.315 e. The number of carbonyl (C=O) groups excluding carboxylic acids is 1. The van der Waals surface area contributed by atoms with Crippen LogP contribution in [0.3, 0.4) is 0 Å². The highest BCUT2D eigenvalue weighted by atomic mass is 16.5. The molecule has 25 heavy (non-hydrogen) atoms. The third-order valence-corrected chi connectivity index (χ3v) is 4.60. The van der Waals surface area contributed by atoms with E-state index in [0.29, 0.717) is 13.1 Å². The number of benzene rings is 2. The Morgan fingerprint density at radius 1 is 1.08 bits per heavy atom. The van der Waals surface area contributed by atoms with Crippen molar-refractivity contribution in [1.82, 2.24) is 4.90 Å². The lowest BCUT2D eigenvalue weighted by Gasteiger charge is -2.23. The van der Waals surface area contributed by atoms with Crippen molar-refractivity contribution >= 4 is 11.7 Å². The first-order chi connectivity index (χ1) is 12.2. The van der Waals surface area contributed by atoms with Crippen LogP contribution in [0.2, 0.25) is 0 Å². The molecule has 2 aromatic rings. The molecule has 1 aliphatic rings. The van der Waals surface area contributed by atoms with Gasteiger partial charge in [0.15, 0.2) is 0 Å². The van der Waals surface area contributed by atoms with E-state index in [1.807, 2.05) is 30.3 Å². The van der Waals surface area contributed by atoms with Crippen LogP contribution in [0.25, 0.3) is 0 Å². The van der Waals surface area contributed by atoms with Crippen molar-refractivity contribution in [3.63, 3.8) is 0 Å². The Balaban J connectivity index is 1.70. The predicted octanol–water partition coefficient (Wildman–Crippen LogP) is 3.38. The second-order valence-electron chi connectivity index (χ2n) is 6.41. The first-order valence-electron chi connectivity index (χ1n) is 8.67. The second kappa shape index (κ2) is 7.92. The van der Waals surface area contributed by atoms with E-state index in [4.69, 9.17) is 10.5 Å². The molecule has 0 saturated carbocycles. The third-order valence-electron chi connectivity index (χ3n) is 4.60. The fourth-order valence-corrected chi connectivity index (χ4v) is 3.21. The lowest BCUT2D eigenvalue weighted by Crippen LogP contribution is -2.34. The van der Waals surface area contributed by atoms with Gasteiger partial charge in [0, 0.05) is 31.9 Å². The van der Waals surface area contributed by atoms with Crippen LogP contribution in [0, 0.1) is 0 Å². The fourth-order valence-electron chi connectivity index (χ4n) is 3.21. The molecule has 5 heteroatoms. The van der Waals surface area contributed by atoms with Gasteiger partial charge in [0.1, 0.15) is 5.75 Å². The summed E-state index contributed by atoms with van der Waals surface area (Å²) in [5, 5.41) is 0. The molecule has 3 rings (SSSR count). The summed E-state index contributed by atoms with van der Waals surface area (Å²) in [6.45, 7) is 3.19. The largest absolute Gasteiger partial charge is 0.497 e. The van der Waals surface area contributed by atoms with E-state index in [0.717, 1.165) is 30.0 Å². The molecule has 2 aromatic carbocycles. The lowest BCUT2D eigenvalue weighted by atomic mass is 10.1. The van der Waals surface area contributed by atoms with Gasteiger partial charge < -0.3 is 20.3 Å². The molecule has 1 fully saturated rings. The summed E-state index contributed by atoms with van der Waals surface area (Å²) in [5.41, 5.74) is 8.94. The highest BCUT2D eigenvalue weighted by molar-refractivity contribution is 5.72. The lowest BCUT2D eigenvalue weighted by molar-refractivity contribution is 0.202. The van der Waals surface area contributed by atoms with Gasteiger partial charge in [-0.15, -0.1) is 0 Å². The van der Waals surface area contributed by atoms with E-state index in [1.165, 1.54) is 18.5 Å². The van der Waals surface area contributed by atoms with Crippen molar-refractivity contribution in [1.29, 1.82) is 0 Å². The maximum absolute atomic E-state index is 11.9. The van der Waals surface area contributed by atoms with Gasteiger partial charge in [0.2, 0.25) is 0 Å². The number of nitrogens with zero attached hydrogens (tertiary/aromatic N) is 2. The average molecular weight is 339 g/mol. The number of methoxy groups -OCH3 is 1. The molecule has 2 amide bonds. The van der Waals surface area contributed by atoms with E-state index in [1.54, 1.807) is 12.0 Å². The zero-order valence-electron chi connectivity index (χ0n) is 14.6. The summed E-state index contributed by atoms with van der Waals surface area (Å²) in [7, 11) is 1.64. The van der Waals surface area contributed by atoms with E-state index < -0.39 is 6.03 Å². The van der Waals surface area contributed by atoms with Gasteiger partial charge in [-0.1, -0.05) is 24.3 Å². The van der Waals surface area contributed by atoms with Crippen LogP contribution >= 0.6 is 0 Å². The number of anilines is 1. The average Bonchev–Trinajstić information content (AvgIpc) is 3.17. The number of hydrogen-bond acceptors (Lipinski definition) is 3. The first kappa shape index (κ1) is 17.1. The molecular weight excluding hydrogens is 314 g/mol. The molecule has 0 bridgehead atoms. The minimum absolute atomic E-state index is 0.414. The summed E-state index contributed by atoms with van der Waals surface area (Å²) in [4.78, 5) is 15.9. The Morgan fingerprint density at radius 2 is 1.76 bits per heavy atom. The van der Waals surface area contributed by atoms with Crippen molar-refractivity contribution in [3.8, 4) is 5.75 Å². The molecule has 1 saturated heterocycles. The highest BCUT2D eigenvalue weighted by Gasteiger charge is 2.15. The van der Waals surface area contributed by atoms with E-state index in [2.05, 4.69) is 23.1 Å². The first-order valence-corrected chi connectivity index (χ1v) is 8.67. The van der Waals surface area contributed by atoms with Crippen LogP contribution in [0.5, 0.6) is 5.75 Å². The van der Waals surface area contributed by atoms with Crippen molar-refractivity contribution in [2.45, 2.75) is 25.9 Å². The van der Waals surface area contributed by atoms with Crippen LogP contribution in [0.15, 0.2) is 48.5 Å². The Labute approximate surface area is 149 Å². The van der Waals surface area contributed by atoms with Gasteiger partial charge >= 0.3 is 6.03 Å². The molecule has 0 aromatic heterocycles. The van der Waals surface area contributed by atoms with Crippen LogP contribution < -0.4 is 15.4 Å². The number of carbonyl (C=O) groups is 1. The minimum atomic E-state index is -0.414. The normalized spacial score (nSPS) is 13.7. The fraction of sp³-hybridized carbons (Fsp3) is 0.350. The SMILES string of the molecule is COc1ccc(CN(Cc2cccc(N3CCCC3)c2)C(N)=O)cc1. The maximum Gasteiger partial charge on any atom is 0.315 e. The molecule has 0 aliphatic carbocycles. The summed E-state index contributed by atoms with van der Waals surface area (Å²) < 4.78 is 5.17. The summed E-state index contributed by atoms with van der Waals surface area (Å²) >= 11 is 0. The van der Waals surface area contributed by atoms with Gasteiger partial charge in [0.05, 0.1) is 7.11 Å². The number of ether oxygens (including phenoxy) is 1.